The molecule has 0 bridgehead atoms. The van der Waals surface area contributed by atoms with Crippen LogP contribution in [0, 0.1) is 0 Å². The number of hydrogen-bond acceptors (Lipinski definition) is 4. The number of hydrogen-bond donors (Lipinski definition) is 0. The van der Waals surface area contributed by atoms with Gasteiger partial charge in [-0.1, -0.05) is 24.3 Å². The number of fused-ring (bicyclic) bond motifs is 1. The van der Waals surface area contributed by atoms with Crippen LogP contribution < -0.4 is 14.2 Å². The van der Waals surface area contributed by atoms with E-state index in [2.05, 4.69) is 4.74 Å². The SMILES string of the molecule is CN(C[C@H]1COc2ccccc2O1)C(=O)c1ccccc1OC(F)F. The molecule has 1 amide bonds. The molecule has 3 rings (SSSR count). The van der Waals surface area contributed by atoms with Crippen molar-refractivity contribution in [2.75, 3.05) is 20.2 Å². The summed E-state index contributed by atoms with van der Waals surface area (Å²) in [5, 5.41) is 0. The summed E-state index contributed by atoms with van der Waals surface area (Å²) in [5.41, 5.74) is 0.0717. The molecule has 1 aliphatic heterocycles. The van der Waals surface area contributed by atoms with E-state index in [9.17, 15) is 13.6 Å². The second-order valence-corrected chi connectivity index (χ2v) is 5.56. The highest BCUT2D eigenvalue weighted by molar-refractivity contribution is 5.96. The third kappa shape index (κ3) is 3.99. The minimum absolute atomic E-state index is 0.0717. The minimum Gasteiger partial charge on any atom is -0.486 e. The van der Waals surface area contributed by atoms with Crippen LogP contribution in [0.3, 0.4) is 0 Å². The van der Waals surface area contributed by atoms with Crippen LogP contribution in [0.4, 0.5) is 8.78 Å². The maximum Gasteiger partial charge on any atom is 0.387 e. The number of likely N-dealkylation sites (N-methyl/N-ethyl adjacent to an activating group) is 1. The first-order valence-corrected chi connectivity index (χ1v) is 7.72. The summed E-state index contributed by atoms with van der Waals surface area (Å²) in [7, 11) is 1.57. The molecular formula is C18H17F2NO4. The third-order valence-electron chi connectivity index (χ3n) is 3.73. The molecule has 7 heteroatoms. The lowest BCUT2D eigenvalue weighted by Crippen LogP contribution is -2.41. The second kappa shape index (κ2) is 7.38. The van der Waals surface area contributed by atoms with Crippen molar-refractivity contribution in [1.29, 1.82) is 0 Å². The second-order valence-electron chi connectivity index (χ2n) is 5.56. The van der Waals surface area contributed by atoms with Gasteiger partial charge in [-0.15, -0.1) is 0 Å². The molecule has 132 valence electrons. The smallest absolute Gasteiger partial charge is 0.387 e. The highest BCUT2D eigenvalue weighted by Crippen LogP contribution is 2.31. The van der Waals surface area contributed by atoms with Crippen molar-refractivity contribution < 1.29 is 27.8 Å². The molecule has 0 fully saturated rings. The molecule has 25 heavy (non-hydrogen) atoms. The van der Waals surface area contributed by atoms with E-state index in [-0.39, 0.29) is 24.0 Å². The summed E-state index contributed by atoms with van der Waals surface area (Å²) in [4.78, 5) is 14.0. The van der Waals surface area contributed by atoms with E-state index in [1.807, 2.05) is 12.1 Å². The van der Waals surface area contributed by atoms with Gasteiger partial charge >= 0.3 is 6.61 Å². The van der Waals surface area contributed by atoms with Crippen molar-refractivity contribution in [1.82, 2.24) is 4.90 Å². The Morgan fingerprint density at radius 3 is 2.64 bits per heavy atom. The molecule has 0 spiro atoms. The number of alkyl halides is 2. The van der Waals surface area contributed by atoms with Crippen LogP contribution in [0.1, 0.15) is 10.4 Å². The van der Waals surface area contributed by atoms with Crippen LogP contribution in [-0.2, 0) is 0 Å². The van der Waals surface area contributed by atoms with Gasteiger partial charge in [0, 0.05) is 7.05 Å². The van der Waals surface area contributed by atoms with Crippen LogP contribution >= 0.6 is 0 Å². The van der Waals surface area contributed by atoms with Gasteiger partial charge in [-0.3, -0.25) is 4.79 Å². The van der Waals surface area contributed by atoms with E-state index < -0.39 is 12.5 Å². The zero-order chi connectivity index (χ0) is 17.8. The van der Waals surface area contributed by atoms with Gasteiger partial charge in [0.05, 0.1) is 12.1 Å². The Bertz CT molecular complexity index is 753. The maximum absolute atomic E-state index is 12.6. The number of ether oxygens (including phenoxy) is 3. The zero-order valence-corrected chi connectivity index (χ0v) is 13.5. The lowest BCUT2D eigenvalue weighted by Gasteiger charge is -2.29. The summed E-state index contributed by atoms with van der Waals surface area (Å²) >= 11 is 0. The number of benzene rings is 2. The highest BCUT2D eigenvalue weighted by Gasteiger charge is 2.25. The van der Waals surface area contributed by atoms with Gasteiger partial charge < -0.3 is 19.1 Å². The number of halogens is 2. The quantitative estimate of drug-likeness (QED) is 0.832. The molecule has 5 nitrogen and oxygen atoms in total. The van der Waals surface area contributed by atoms with Crippen molar-refractivity contribution in [3.05, 3.63) is 54.1 Å². The van der Waals surface area contributed by atoms with E-state index in [1.54, 1.807) is 25.2 Å². The van der Waals surface area contributed by atoms with Crippen molar-refractivity contribution in [2.45, 2.75) is 12.7 Å². The fourth-order valence-electron chi connectivity index (χ4n) is 2.59. The highest BCUT2D eigenvalue weighted by atomic mass is 19.3. The van der Waals surface area contributed by atoms with E-state index >= 15 is 0 Å². The molecule has 0 radical (unpaired) electrons. The van der Waals surface area contributed by atoms with Crippen molar-refractivity contribution >= 4 is 5.91 Å². The zero-order valence-electron chi connectivity index (χ0n) is 13.5. The van der Waals surface area contributed by atoms with Gasteiger partial charge in [0.1, 0.15) is 12.4 Å². The number of rotatable bonds is 5. The average Bonchev–Trinajstić information content (AvgIpc) is 2.61. The Morgan fingerprint density at radius 2 is 1.88 bits per heavy atom. The first-order valence-electron chi connectivity index (χ1n) is 7.72. The Kier molecular flexibility index (Phi) is 5.02. The minimum atomic E-state index is -2.99. The number of carbonyl (C=O) groups excluding carboxylic acids is 1. The van der Waals surface area contributed by atoms with E-state index in [1.165, 1.54) is 23.1 Å². The average molecular weight is 349 g/mol. The van der Waals surface area contributed by atoms with Crippen molar-refractivity contribution in [3.63, 3.8) is 0 Å². The fourth-order valence-corrected chi connectivity index (χ4v) is 2.59. The van der Waals surface area contributed by atoms with Gasteiger partial charge in [0.15, 0.2) is 17.6 Å². The van der Waals surface area contributed by atoms with E-state index in [0.29, 0.717) is 18.1 Å². The van der Waals surface area contributed by atoms with Crippen LogP contribution in [0.2, 0.25) is 0 Å². The molecule has 0 saturated carbocycles. The predicted molar refractivity (Wildman–Crippen MR) is 86.4 cm³/mol. The van der Waals surface area contributed by atoms with Crippen molar-refractivity contribution in [3.8, 4) is 17.2 Å². The molecule has 0 aromatic heterocycles. The predicted octanol–water partition coefficient (Wildman–Crippen LogP) is 3.20. The van der Waals surface area contributed by atoms with Gasteiger partial charge in [-0.25, -0.2) is 0 Å². The summed E-state index contributed by atoms with van der Waals surface area (Å²) in [5.74, 6) is 0.684. The van der Waals surface area contributed by atoms with Crippen molar-refractivity contribution in [2.24, 2.45) is 0 Å². The molecule has 1 heterocycles. The first kappa shape index (κ1) is 17.0. The summed E-state index contributed by atoms with van der Waals surface area (Å²) in [6, 6.07) is 13.2. The molecule has 0 N–H and O–H groups in total. The monoisotopic (exact) mass is 349 g/mol. The van der Waals surface area contributed by atoms with Crippen LogP contribution in [-0.4, -0.2) is 43.7 Å². The van der Waals surface area contributed by atoms with E-state index in [0.717, 1.165) is 0 Å². The fraction of sp³-hybridized carbons (Fsp3) is 0.278. The summed E-state index contributed by atoms with van der Waals surface area (Å²) in [6.07, 6.45) is -0.355. The standard InChI is InChI=1S/C18H17F2NO4/c1-21(10-12-11-23-15-8-4-5-9-16(15)24-12)17(22)13-6-2-3-7-14(13)25-18(19)20/h2-9,12,18H,10-11H2,1H3/t12-/m0/s1. The third-order valence-corrected chi connectivity index (χ3v) is 3.73. The summed E-state index contributed by atoms with van der Waals surface area (Å²) in [6.45, 7) is -2.45. The Morgan fingerprint density at radius 1 is 1.20 bits per heavy atom. The summed E-state index contributed by atoms with van der Waals surface area (Å²) < 4.78 is 40.8. The topological polar surface area (TPSA) is 48.0 Å². The number of para-hydroxylation sites is 3. The molecule has 0 aliphatic carbocycles. The number of amides is 1. The van der Waals surface area contributed by atoms with E-state index in [4.69, 9.17) is 9.47 Å². The normalized spacial score (nSPS) is 15.8. The lowest BCUT2D eigenvalue weighted by atomic mass is 10.1. The van der Waals surface area contributed by atoms with Gasteiger partial charge in [-0.2, -0.15) is 8.78 Å². The van der Waals surface area contributed by atoms with Crippen LogP contribution in [0.15, 0.2) is 48.5 Å². The van der Waals surface area contributed by atoms with Crippen LogP contribution in [0.25, 0.3) is 0 Å². The lowest BCUT2D eigenvalue weighted by molar-refractivity contribution is -0.0503. The number of nitrogens with zero attached hydrogens (tertiary/aromatic N) is 1. The molecule has 0 unspecified atom stereocenters. The molecular weight excluding hydrogens is 332 g/mol. The Labute approximate surface area is 143 Å². The van der Waals surface area contributed by atoms with Gasteiger partial charge in [0.2, 0.25) is 0 Å². The molecule has 1 aliphatic rings. The first-order chi connectivity index (χ1) is 12.0. The molecule has 0 saturated heterocycles. The Balaban J connectivity index is 1.68. The molecule has 1 atom stereocenters. The van der Waals surface area contributed by atoms with Gasteiger partial charge in [0.25, 0.3) is 5.91 Å². The maximum atomic E-state index is 12.6. The molecule has 2 aromatic rings. The molecule has 2 aromatic carbocycles. The number of carbonyl (C=O) groups is 1. The van der Waals surface area contributed by atoms with Gasteiger partial charge in [-0.05, 0) is 24.3 Å². The van der Waals surface area contributed by atoms with Crippen LogP contribution in [0.5, 0.6) is 17.2 Å². The largest absolute Gasteiger partial charge is 0.486 e. The Hall–Kier alpha value is -2.83.